The van der Waals surface area contributed by atoms with Crippen LogP contribution in [0, 0.1) is 10.8 Å². The van der Waals surface area contributed by atoms with E-state index in [9.17, 15) is 9.59 Å². The van der Waals surface area contributed by atoms with Crippen LogP contribution in [0.3, 0.4) is 0 Å². The zero-order valence-electron chi connectivity index (χ0n) is 16.5. The van der Waals surface area contributed by atoms with Crippen molar-refractivity contribution in [2.24, 2.45) is 10.8 Å². The lowest BCUT2D eigenvalue weighted by Gasteiger charge is -2.28. The van der Waals surface area contributed by atoms with Crippen LogP contribution >= 0.6 is 0 Å². The van der Waals surface area contributed by atoms with Crippen LogP contribution in [0.2, 0.25) is 0 Å². The maximum atomic E-state index is 12.4. The molecule has 0 aliphatic rings. The monoisotopic (exact) mass is 348 g/mol. The molecule has 5 nitrogen and oxygen atoms in total. The quantitative estimate of drug-likeness (QED) is 0.769. The van der Waals surface area contributed by atoms with Gasteiger partial charge in [0.2, 0.25) is 11.8 Å². The van der Waals surface area contributed by atoms with Gasteiger partial charge in [0.05, 0.1) is 6.61 Å². The van der Waals surface area contributed by atoms with Crippen LogP contribution in [0.25, 0.3) is 0 Å². The molecule has 5 heteroatoms. The molecule has 0 bridgehead atoms. The minimum Gasteiger partial charge on any atom is -0.494 e. The number of ether oxygens (including phenoxy) is 1. The Morgan fingerprint density at radius 3 is 1.72 bits per heavy atom. The highest BCUT2D eigenvalue weighted by atomic mass is 16.5. The van der Waals surface area contributed by atoms with Crippen molar-refractivity contribution in [2.45, 2.75) is 61.1 Å². The molecule has 1 aromatic rings. The first-order chi connectivity index (χ1) is 11.4. The molecule has 0 saturated heterocycles. The van der Waals surface area contributed by atoms with Gasteiger partial charge in [0, 0.05) is 10.8 Å². The standard InChI is InChI=1S/C20H32N2O3/c1-8-13-25-15-11-9-14(10-12-15)16(21-17(23)19(2,3)4)22-18(24)20(5,6)7/h9-12,16H,8,13H2,1-7H3,(H,21,23)(H,22,24). The van der Waals surface area contributed by atoms with Crippen molar-refractivity contribution < 1.29 is 14.3 Å². The smallest absolute Gasteiger partial charge is 0.227 e. The van der Waals surface area contributed by atoms with E-state index in [1.54, 1.807) is 0 Å². The van der Waals surface area contributed by atoms with Gasteiger partial charge >= 0.3 is 0 Å². The van der Waals surface area contributed by atoms with Gasteiger partial charge in [-0.3, -0.25) is 9.59 Å². The van der Waals surface area contributed by atoms with Gasteiger partial charge < -0.3 is 15.4 Å². The van der Waals surface area contributed by atoms with Crippen molar-refractivity contribution in [3.63, 3.8) is 0 Å². The van der Waals surface area contributed by atoms with Crippen molar-refractivity contribution in [2.75, 3.05) is 6.61 Å². The van der Waals surface area contributed by atoms with E-state index in [0.717, 1.165) is 17.7 Å². The molecule has 2 amide bonds. The third-order valence-electron chi connectivity index (χ3n) is 3.60. The molecular formula is C20H32N2O3. The molecule has 0 aromatic heterocycles. The predicted molar refractivity (Wildman–Crippen MR) is 100 cm³/mol. The first-order valence-corrected chi connectivity index (χ1v) is 8.80. The molecule has 0 heterocycles. The third-order valence-corrected chi connectivity index (χ3v) is 3.60. The summed E-state index contributed by atoms with van der Waals surface area (Å²) in [6.45, 7) is 13.7. The molecule has 1 rings (SSSR count). The minimum absolute atomic E-state index is 0.127. The number of carbonyl (C=O) groups is 2. The lowest BCUT2D eigenvalue weighted by atomic mass is 9.94. The Labute approximate surface area is 151 Å². The SMILES string of the molecule is CCCOc1ccc(C(NC(=O)C(C)(C)C)NC(=O)C(C)(C)C)cc1. The first-order valence-electron chi connectivity index (χ1n) is 8.80. The van der Waals surface area contributed by atoms with E-state index in [0.29, 0.717) is 6.61 Å². The van der Waals surface area contributed by atoms with Gasteiger partial charge in [-0.1, -0.05) is 60.6 Å². The summed E-state index contributed by atoms with van der Waals surface area (Å²) in [7, 11) is 0. The second-order valence-electron chi connectivity index (χ2n) is 8.30. The molecule has 0 spiro atoms. The topological polar surface area (TPSA) is 67.4 Å². The molecule has 0 atom stereocenters. The van der Waals surface area contributed by atoms with Crippen LogP contribution in [0.1, 0.15) is 66.6 Å². The Kier molecular flexibility index (Phi) is 7.03. The Hall–Kier alpha value is -2.04. The lowest BCUT2D eigenvalue weighted by molar-refractivity contribution is -0.132. The maximum absolute atomic E-state index is 12.4. The molecule has 0 saturated carbocycles. The summed E-state index contributed by atoms with van der Waals surface area (Å²) in [4.78, 5) is 24.8. The van der Waals surface area contributed by atoms with Gasteiger partial charge in [-0.2, -0.15) is 0 Å². The summed E-state index contributed by atoms with van der Waals surface area (Å²) < 4.78 is 5.59. The van der Waals surface area contributed by atoms with Gasteiger partial charge in [0.1, 0.15) is 11.9 Å². The van der Waals surface area contributed by atoms with Crippen LogP contribution < -0.4 is 15.4 Å². The molecule has 25 heavy (non-hydrogen) atoms. The fourth-order valence-electron chi connectivity index (χ4n) is 1.87. The average molecular weight is 348 g/mol. The summed E-state index contributed by atoms with van der Waals surface area (Å²) in [5.74, 6) is 0.518. The number of carbonyl (C=O) groups excluding carboxylic acids is 2. The average Bonchev–Trinajstić information content (AvgIpc) is 2.50. The van der Waals surface area contributed by atoms with Crippen LogP contribution in [-0.2, 0) is 9.59 Å². The number of amides is 2. The van der Waals surface area contributed by atoms with E-state index in [4.69, 9.17) is 4.74 Å². The molecule has 140 valence electrons. The van der Waals surface area contributed by atoms with Gasteiger partial charge in [-0.25, -0.2) is 0 Å². The predicted octanol–water partition coefficient (Wildman–Crippen LogP) is 3.80. The van der Waals surface area contributed by atoms with E-state index in [1.807, 2.05) is 65.8 Å². The van der Waals surface area contributed by atoms with E-state index in [2.05, 4.69) is 17.6 Å². The van der Waals surface area contributed by atoms with Crippen molar-refractivity contribution in [1.82, 2.24) is 10.6 Å². The first kappa shape index (κ1) is 21.0. The van der Waals surface area contributed by atoms with Crippen molar-refractivity contribution >= 4 is 11.8 Å². The molecule has 1 aromatic carbocycles. The number of nitrogens with one attached hydrogen (secondary N) is 2. The van der Waals surface area contributed by atoms with Crippen LogP contribution in [0.5, 0.6) is 5.75 Å². The van der Waals surface area contributed by atoms with E-state index >= 15 is 0 Å². The highest BCUT2D eigenvalue weighted by molar-refractivity contribution is 5.84. The molecule has 0 radical (unpaired) electrons. The summed E-state index contributed by atoms with van der Waals surface area (Å²) in [6, 6.07) is 7.43. The molecule has 0 unspecified atom stereocenters. The molecule has 0 aliphatic carbocycles. The van der Waals surface area contributed by atoms with Gasteiger partial charge in [0.15, 0.2) is 0 Å². The van der Waals surface area contributed by atoms with E-state index in [-0.39, 0.29) is 11.8 Å². The molecule has 0 aliphatic heterocycles. The zero-order chi connectivity index (χ0) is 19.3. The Bertz CT molecular complexity index is 552. The second kappa shape index (κ2) is 8.37. The Balaban J connectivity index is 3.00. The van der Waals surface area contributed by atoms with Gasteiger partial charge in [-0.05, 0) is 24.1 Å². The number of rotatable bonds is 6. The highest BCUT2D eigenvalue weighted by Gasteiger charge is 2.28. The molecule has 0 fully saturated rings. The van der Waals surface area contributed by atoms with E-state index in [1.165, 1.54) is 0 Å². The van der Waals surface area contributed by atoms with Gasteiger partial charge in [-0.15, -0.1) is 0 Å². The van der Waals surface area contributed by atoms with Gasteiger partial charge in [0.25, 0.3) is 0 Å². The van der Waals surface area contributed by atoms with Crippen LogP contribution in [-0.4, -0.2) is 18.4 Å². The third kappa shape index (κ3) is 6.77. The van der Waals surface area contributed by atoms with Crippen LogP contribution in [0.15, 0.2) is 24.3 Å². The second-order valence-corrected chi connectivity index (χ2v) is 8.30. The maximum Gasteiger partial charge on any atom is 0.227 e. The fraction of sp³-hybridized carbons (Fsp3) is 0.600. The number of benzene rings is 1. The Morgan fingerprint density at radius 2 is 1.36 bits per heavy atom. The summed E-state index contributed by atoms with van der Waals surface area (Å²) in [5.41, 5.74) is -0.289. The summed E-state index contributed by atoms with van der Waals surface area (Å²) in [5, 5.41) is 5.85. The largest absolute Gasteiger partial charge is 0.494 e. The molecule has 2 N–H and O–H groups in total. The number of hydrogen-bond donors (Lipinski definition) is 2. The lowest BCUT2D eigenvalue weighted by Crippen LogP contribution is -2.47. The van der Waals surface area contributed by atoms with E-state index < -0.39 is 17.0 Å². The van der Waals surface area contributed by atoms with Crippen molar-refractivity contribution in [3.8, 4) is 5.75 Å². The normalized spacial score (nSPS) is 12.0. The van der Waals surface area contributed by atoms with Crippen molar-refractivity contribution in [3.05, 3.63) is 29.8 Å². The molecular weight excluding hydrogens is 316 g/mol. The number of hydrogen-bond acceptors (Lipinski definition) is 3. The summed E-state index contributed by atoms with van der Waals surface area (Å²) >= 11 is 0. The Morgan fingerprint density at radius 1 is 0.920 bits per heavy atom. The minimum atomic E-state index is -0.585. The van der Waals surface area contributed by atoms with Crippen molar-refractivity contribution in [1.29, 1.82) is 0 Å². The fourth-order valence-corrected chi connectivity index (χ4v) is 1.87. The summed E-state index contributed by atoms with van der Waals surface area (Å²) in [6.07, 6.45) is 0.354. The highest BCUT2D eigenvalue weighted by Crippen LogP contribution is 2.21. The van der Waals surface area contributed by atoms with Crippen LogP contribution in [0.4, 0.5) is 0 Å². The zero-order valence-corrected chi connectivity index (χ0v) is 16.5.